The average molecular weight is 870 g/mol. The van der Waals surface area contributed by atoms with E-state index in [0.29, 0.717) is 37.3 Å². The highest BCUT2D eigenvalue weighted by molar-refractivity contribution is 8.77. The number of amides is 3. The number of anilines is 1. The molecule has 4 rings (SSSR count). The molecule has 14 nitrogen and oxygen atoms in total. The van der Waals surface area contributed by atoms with Crippen molar-refractivity contribution >= 4 is 62.8 Å². The highest BCUT2D eigenvalue weighted by Gasteiger charge is 2.64. The lowest BCUT2D eigenvalue weighted by Gasteiger charge is -2.36. The lowest BCUT2D eigenvalue weighted by atomic mass is 9.84. The number of alkyl carbamates (subject to hydrolysis) is 1. The Hall–Kier alpha value is -2.99. The van der Waals surface area contributed by atoms with Crippen LogP contribution in [0.3, 0.4) is 0 Å². The van der Waals surface area contributed by atoms with Crippen molar-refractivity contribution in [2.75, 3.05) is 45.6 Å². The van der Waals surface area contributed by atoms with Gasteiger partial charge in [-0.2, -0.15) is 0 Å². The molecule has 2 fully saturated rings. The van der Waals surface area contributed by atoms with Gasteiger partial charge in [0.05, 0.1) is 44.1 Å². The molecule has 4 bridgehead atoms. The van der Waals surface area contributed by atoms with Crippen molar-refractivity contribution in [2.24, 2.45) is 11.8 Å². The third-order valence-electron chi connectivity index (χ3n) is 11.2. The molecule has 3 aliphatic heterocycles. The molecule has 0 aliphatic carbocycles. The zero-order valence-corrected chi connectivity index (χ0v) is 37.7. The van der Waals surface area contributed by atoms with Gasteiger partial charge in [-0.15, -0.1) is 0 Å². The predicted octanol–water partition coefficient (Wildman–Crippen LogP) is 6.42. The van der Waals surface area contributed by atoms with E-state index in [9.17, 15) is 19.2 Å². The number of esters is 1. The molecule has 2 saturated heterocycles. The smallest absolute Gasteiger partial charge is 0.407 e. The predicted molar refractivity (Wildman–Crippen MR) is 228 cm³/mol. The summed E-state index contributed by atoms with van der Waals surface area (Å²) in [7, 11) is 9.68. The van der Waals surface area contributed by atoms with Crippen LogP contribution < -0.4 is 20.9 Å². The van der Waals surface area contributed by atoms with Crippen molar-refractivity contribution in [3.05, 3.63) is 46.5 Å². The van der Waals surface area contributed by atoms with Gasteiger partial charge in [-0.05, 0) is 71.6 Å². The van der Waals surface area contributed by atoms with E-state index in [2.05, 4.69) is 24.0 Å². The van der Waals surface area contributed by atoms with Gasteiger partial charge < -0.3 is 43.6 Å². The fourth-order valence-electron chi connectivity index (χ4n) is 7.19. The SMILES string of the molecule is COc1cc2cc(c1Cl)N(C)C(=O)C[C@H](OC(=O)[C@H](C)N(C)C(=O)CCC(C)(C)SSCCCON)[C@]1(C)O[C@H]1[C@H](C)[C@@H]1CC(NC(=O)O1)[C@H](OC)/C=C/C=C(\C)C2. The standard InChI is InChI=1S/C41H61ClN4O10S2/c1-24-13-11-14-30(51-9)28-22-31(54-39(50)44-28)25(2)37-41(6,56-37)33(23-35(48)46(8)29-20-27(19-24)21-32(52-10)36(29)42)55-38(49)26(3)45(7)34(47)15-16-40(4,5)58-57-18-12-17-53-43/h11,13-14,20-21,25-26,28,30-31,33,37H,12,15-19,22-23,43H2,1-10H3,(H,44,50)/b14-11+,24-13+/t25-,26+,28?,30-,31+,33+,37+,41+/m1/s1. The van der Waals surface area contributed by atoms with Crippen molar-refractivity contribution in [1.82, 2.24) is 10.2 Å². The minimum absolute atomic E-state index is 0.197. The number of hydrogen-bond acceptors (Lipinski definition) is 13. The molecule has 0 radical (unpaired) electrons. The van der Waals surface area contributed by atoms with Crippen LogP contribution in [0, 0.1) is 5.92 Å². The summed E-state index contributed by atoms with van der Waals surface area (Å²) in [6.07, 6.45) is 4.86. The number of nitrogens with zero attached hydrogens (tertiary/aromatic N) is 2. The Bertz CT molecular complexity index is 1700. The van der Waals surface area contributed by atoms with Crippen LogP contribution in [0.5, 0.6) is 5.75 Å². The van der Waals surface area contributed by atoms with Gasteiger partial charge in [0.15, 0.2) is 0 Å². The summed E-state index contributed by atoms with van der Waals surface area (Å²) in [5.74, 6) is 4.74. The number of epoxide rings is 1. The summed E-state index contributed by atoms with van der Waals surface area (Å²) in [4.78, 5) is 61.9. The summed E-state index contributed by atoms with van der Waals surface area (Å²) in [6, 6.07) is 2.31. The van der Waals surface area contributed by atoms with E-state index in [1.165, 1.54) is 16.9 Å². The molecule has 58 heavy (non-hydrogen) atoms. The van der Waals surface area contributed by atoms with Crippen molar-refractivity contribution in [3.8, 4) is 5.75 Å². The normalized spacial score (nSPS) is 28.6. The molecule has 0 saturated carbocycles. The van der Waals surface area contributed by atoms with Gasteiger partial charge in [-0.3, -0.25) is 9.59 Å². The summed E-state index contributed by atoms with van der Waals surface area (Å²) in [5, 5.41) is 3.15. The molecule has 0 aromatic heterocycles. The average Bonchev–Trinajstić information content (AvgIpc) is 3.88. The van der Waals surface area contributed by atoms with Crippen LogP contribution >= 0.6 is 33.2 Å². The van der Waals surface area contributed by atoms with E-state index in [4.69, 9.17) is 41.2 Å². The van der Waals surface area contributed by atoms with E-state index in [1.54, 1.807) is 56.6 Å². The zero-order chi connectivity index (χ0) is 42.9. The van der Waals surface area contributed by atoms with Crippen LogP contribution in [-0.4, -0.2) is 116 Å². The fourth-order valence-corrected chi connectivity index (χ4v) is 10.1. The molecule has 1 aromatic carbocycles. The van der Waals surface area contributed by atoms with E-state index < -0.39 is 60.1 Å². The van der Waals surface area contributed by atoms with E-state index in [-0.39, 0.29) is 34.4 Å². The van der Waals surface area contributed by atoms with Crippen molar-refractivity contribution in [1.29, 1.82) is 0 Å². The molecule has 17 heteroatoms. The number of rotatable bonds is 14. The second-order valence-electron chi connectivity index (χ2n) is 16.1. The Morgan fingerprint density at radius 1 is 1.24 bits per heavy atom. The summed E-state index contributed by atoms with van der Waals surface area (Å²) < 4.78 is 29.6. The number of carbonyl (C=O) groups is 4. The summed E-state index contributed by atoms with van der Waals surface area (Å²) in [6.45, 7) is 11.9. The number of ether oxygens (including phenoxy) is 5. The van der Waals surface area contributed by atoms with Crippen LogP contribution in [0.15, 0.2) is 35.9 Å². The maximum atomic E-state index is 14.2. The molecular weight excluding hydrogens is 808 g/mol. The Morgan fingerprint density at radius 2 is 1.97 bits per heavy atom. The third-order valence-corrected chi connectivity index (χ3v) is 15.0. The second-order valence-corrected chi connectivity index (χ2v) is 19.6. The van der Waals surface area contributed by atoms with Gasteiger partial charge in [-0.1, -0.05) is 63.9 Å². The Labute approximate surface area is 355 Å². The quantitative estimate of drug-likeness (QED) is 0.0692. The number of fused-ring (bicyclic) bond motifs is 5. The van der Waals surface area contributed by atoms with Gasteiger partial charge >= 0.3 is 12.1 Å². The van der Waals surface area contributed by atoms with Gasteiger partial charge in [0.2, 0.25) is 11.8 Å². The highest BCUT2D eigenvalue weighted by atomic mass is 35.5. The number of likely N-dealkylation sites (N-methyl/N-ethyl adjacent to an activating group) is 1. The molecule has 3 heterocycles. The first-order valence-corrected chi connectivity index (χ1v) is 22.3. The number of nitrogens with one attached hydrogen (secondary N) is 1. The second kappa shape index (κ2) is 21.0. The van der Waals surface area contributed by atoms with Crippen LogP contribution in [0.1, 0.15) is 79.2 Å². The summed E-state index contributed by atoms with van der Waals surface area (Å²) >= 11 is 6.81. The fraction of sp³-hybridized carbons (Fsp3) is 0.659. The maximum Gasteiger partial charge on any atom is 0.407 e. The lowest BCUT2D eigenvalue weighted by Crippen LogP contribution is -2.53. The molecule has 3 N–H and O–H groups in total. The Balaban J connectivity index is 1.61. The first-order valence-electron chi connectivity index (χ1n) is 19.6. The number of allylic oxidation sites excluding steroid dienone is 3. The van der Waals surface area contributed by atoms with Crippen LogP contribution in [0.4, 0.5) is 10.5 Å². The van der Waals surface area contributed by atoms with E-state index >= 15 is 0 Å². The molecule has 1 aromatic rings. The number of methoxy groups -OCH3 is 2. The van der Waals surface area contributed by atoms with Crippen LogP contribution in [-0.2, 0) is 44.6 Å². The number of nitrogens with two attached hydrogens (primary N) is 1. The molecule has 3 aliphatic rings. The molecule has 0 spiro atoms. The lowest BCUT2D eigenvalue weighted by molar-refractivity contribution is -0.162. The van der Waals surface area contributed by atoms with Gasteiger partial charge in [0.1, 0.15) is 34.6 Å². The molecular formula is C41H61ClN4O10S2. The molecule has 324 valence electrons. The van der Waals surface area contributed by atoms with Crippen LogP contribution in [0.2, 0.25) is 5.02 Å². The maximum absolute atomic E-state index is 14.2. The Morgan fingerprint density at radius 3 is 2.64 bits per heavy atom. The number of carbonyl (C=O) groups excluding carboxylic acids is 4. The number of benzene rings is 1. The number of hydrogen-bond donors (Lipinski definition) is 2. The zero-order valence-electron chi connectivity index (χ0n) is 35.3. The van der Waals surface area contributed by atoms with Crippen LogP contribution in [0.25, 0.3) is 0 Å². The number of halogens is 1. The molecule has 1 unspecified atom stereocenters. The monoisotopic (exact) mass is 868 g/mol. The molecule has 8 atom stereocenters. The topological polar surface area (TPSA) is 171 Å². The molecule has 3 amide bonds. The summed E-state index contributed by atoms with van der Waals surface area (Å²) in [5.41, 5.74) is 1.15. The Kier molecular flexibility index (Phi) is 17.3. The van der Waals surface area contributed by atoms with E-state index in [0.717, 1.165) is 23.3 Å². The largest absolute Gasteiger partial charge is 0.495 e. The van der Waals surface area contributed by atoms with Crippen molar-refractivity contribution < 1.29 is 47.7 Å². The minimum atomic E-state index is -1.14. The first-order chi connectivity index (χ1) is 27.3. The van der Waals surface area contributed by atoms with Crippen molar-refractivity contribution in [2.45, 2.75) is 127 Å². The van der Waals surface area contributed by atoms with Gasteiger partial charge in [0, 0.05) is 50.5 Å². The highest BCUT2D eigenvalue weighted by Crippen LogP contribution is 2.49. The van der Waals surface area contributed by atoms with Crippen molar-refractivity contribution in [3.63, 3.8) is 0 Å². The van der Waals surface area contributed by atoms with Gasteiger partial charge in [-0.25, -0.2) is 15.5 Å². The van der Waals surface area contributed by atoms with E-state index in [1.807, 2.05) is 44.2 Å². The first kappa shape index (κ1) is 47.7. The third kappa shape index (κ3) is 12.3. The minimum Gasteiger partial charge on any atom is -0.495 e. The van der Waals surface area contributed by atoms with Gasteiger partial charge in [0.25, 0.3) is 0 Å².